The van der Waals surface area contributed by atoms with Crippen molar-refractivity contribution in [1.82, 2.24) is 9.88 Å². The molecule has 0 saturated carbocycles. The summed E-state index contributed by atoms with van der Waals surface area (Å²) in [5.41, 5.74) is 1.50. The van der Waals surface area contributed by atoms with Crippen LogP contribution in [0.15, 0.2) is 28.7 Å². The number of halogens is 1. The topological polar surface area (TPSA) is 55.6 Å². The van der Waals surface area contributed by atoms with Crippen molar-refractivity contribution in [2.24, 2.45) is 0 Å². The smallest absolute Gasteiger partial charge is 0.219 e. The first-order chi connectivity index (χ1) is 11.6. The number of piperidine rings is 1. The van der Waals surface area contributed by atoms with Crippen LogP contribution in [-0.4, -0.2) is 36.0 Å². The van der Waals surface area contributed by atoms with Crippen LogP contribution in [-0.2, 0) is 16.1 Å². The third-order valence-electron chi connectivity index (χ3n) is 4.39. The Bertz CT molecular complexity index is 704. The number of benzene rings is 1. The number of likely N-dealkylation sites (tertiary alicyclic amines) is 1. The first kappa shape index (κ1) is 16.6. The van der Waals surface area contributed by atoms with Crippen molar-refractivity contribution < 1.29 is 18.3 Å². The van der Waals surface area contributed by atoms with Crippen LogP contribution in [0.1, 0.15) is 37.3 Å². The number of aromatic nitrogens is 1. The minimum Gasteiger partial charge on any atom is -0.440 e. The lowest BCUT2D eigenvalue weighted by atomic mass is 9.97. The molecule has 0 spiro atoms. The molecule has 0 N–H and O–H groups in total. The van der Waals surface area contributed by atoms with Gasteiger partial charge in [-0.1, -0.05) is 0 Å². The average molecular weight is 332 g/mol. The van der Waals surface area contributed by atoms with Gasteiger partial charge in [-0.15, -0.1) is 0 Å². The summed E-state index contributed by atoms with van der Waals surface area (Å²) in [4.78, 5) is 17.9. The largest absolute Gasteiger partial charge is 0.440 e. The zero-order valence-electron chi connectivity index (χ0n) is 13.9. The Kier molecular flexibility index (Phi) is 4.94. The normalized spacial score (nSPS) is 15.7. The first-order valence-electron chi connectivity index (χ1n) is 8.08. The molecule has 1 fully saturated rings. The number of carbonyl (C=O) groups excluding carboxylic acids is 1. The quantitative estimate of drug-likeness (QED) is 0.861. The Morgan fingerprint density at radius 2 is 2.00 bits per heavy atom. The van der Waals surface area contributed by atoms with E-state index in [-0.39, 0.29) is 17.6 Å². The SMILES string of the molecule is COCc1nc(C2CCN(C(C)=O)CC2)oc1-c1ccc(F)cc1. The summed E-state index contributed by atoms with van der Waals surface area (Å²) < 4.78 is 24.4. The standard InChI is InChI=1S/C18H21FN2O3/c1-12(22)21-9-7-14(8-10-21)18-20-16(11-23-2)17(24-18)13-3-5-15(19)6-4-13/h3-6,14H,7-11H2,1-2H3. The molecule has 0 aliphatic carbocycles. The van der Waals surface area contributed by atoms with Gasteiger partial charge in [0.05, 0.1) is 6.61 Å². The van der Waals surface area contributed by atoms with Crippen LogP contribution in [0, 0.1) is 5.82 Å². The first-order valence-corrected chi connectivity index (χ1v) is 8.08. The van der Waals surface area contributed by atoms with Gasteiger partial charge in [0.2, 0.25) is 5.91 Å². The van der Waals surface area contributed by atoms with E-state index in [0.29, 0.717) is 37.0 Å². The van der Waals surface area contributed by atoms with E-state index in [1.54, 1.807) is 26.2 Å². The van der Waals surface area contributed by atoms with Gasteiger partial charge in [-0.05, 0) is 37.1 Å². The van der Waals surface area contributed by atoms with Gasteiger partial charge in [-0.3, -0.25) is 4.79 Å². The van der Waals surface area contributed by atoms with Gasteiger partial charge in [0.1, 0.15) is 11.5 Å². The maximum absolute atomic E-state index is 13.1. The Balaban J connectivity index is 1.84. The second-order valence-electron chi connectivity index (χ2n) is 6.05. The molecule has 1 aromatic heterocycles. The van der Waals surface area contributed by atoms with Gasteiger partial charge in [-0.25, -0.2) is 9.37 Å². The van der Waals surface area contributed by atoms with Crippen LogP contribution in [0.2, 0.25) is 0 Å². The van der Waals surface area contributed by atoms with Crippen LogP contribution in [0.5, 0.6) is 0 Å². The molecule has 3 rings (SSSR count). The zero-order valence-corrected chi connectivity index (χ0v) is 13.9. The average Bonchev–Trinajstić information content (AvgIpc) is 3.00. The summed E-state index contributed by atoms with van der Waals surface area (Å²) in [7, 11) is 1.61. The Labute approximate surface area is 140 Å². The highest BCUT2D eigenvalue weighted by atomic mass is 19.1. The van der Waals surface area contributed by atoms with Crippen molar-refractivity contribution in [2.45, 2.75) is 32.3 Å². The van der Waals surface area contributed by atoms with Crippen molar-refractivity contribution in [3.8, 4) is 11.3 Å². The molecule has 0 bridgehead atoms. The molecule has 1 aliphatic heterocycles. The predicted octanol–water partition coefficient (Wildman–Crippen LogP) is 3.35. The Morgan fingerprint density at radius 1 is 1.33 bits per heavy atom. The number of methoxy groups -OCH3 is 1. The number of ether oxygens (including phenoxy) is 1. The molecule has 2 heterocycles. The molecule has 6 heteroatoms. The van der Waals surface area contributed by atoms with Crippen molar-refractivity contribution in [1.29, 1.82) is 0 Å². The van der Waals surface area contributed by atoms with E-state index >= 15 is 0 Å². The zero-order chi connectivity index (χ0) is 17.1. The third-order valence-corrected chi connectivity index (χ3v) is 4.39. The van der Waals surface area contributed by atoms with Gasteiger partial charge in [0, 0.05) is 38.6 Å². The molecule has 0 unspecified atom stereocenters. The highest BCUT2D eigenvalue weighted by Crippen LogP contribution is 2.33. The predicted molar refractivity (Wildman–Crippen MR) is 86.8 cm³/mol. The van der Waals surface area contributed by atoms with E-state index in [4.69, 9.17) is 9.15 Å². The van der Waals surface area contributed by atoms with E-state index < -0.39 is 0 Å². The van der Waals surface area contributed by atoms with Crippen molar-refractivity contribution >= 4 is 5.91 Å². The van der Waals surface area contributed by atoms with Crippen molar-refractivity contribution in [3.05, 3.63) is 41.7 Å². The number of nitrogens with zero attached hydrogens (tertiary/aromatic N) is 2. The maximum atomic E-state index is 13.1. The molecule has 0 radical (unpaired) electrons. The van der Waals surface area contributed by atoms with Crippen molar-refractivity contribution in [3.63, 3.8) is 0 Å². The van der Waals surface area contributed by atoms with Gasteiger partial charge in [0.25, 0.3) is 0 Å². The molecule has 1 aliphatic rings. The molecule has 2 aromatic rings. The number of oxazole rings is 1. The maximum Gasteiger partial charge on any atom is 0.219 e. The summed E-state index contributed by atoms with van der Waals surface area (Å²) in [5.74, 6) is 1.30. The van der Waals surface area contributed by atoms with Crippen LogP contribution in [0.3, 0.4) is 0 Å². The minimum absolute atomic E-state index is 0.105. The summed E-state index contributed by atoms with van der Waals surface area (Å²) in [5, 5.41) is 0. The molecule has 0 atom stereocenters. The Morgan fingerprint density at radius 3 is 2.58 bits per heavy atom. The summed E-state index contributed by atoms with van der Waals surface area (Å²) in [6.45, 7) is 3.36. The van der Waals surface area contributed by atoms with E-state index in [1.807, 2.05) is 4.90 Å². The van der Waals surface area contributed by atoms with Crippen LogP contribution < -0.4 is 0 Å². The Hall–Kier alpha value is -2.21. The molecular weight excluding hydrogens is 311 g/mol. The van der Waals surface area contributed by atoms with Crippen LogP contribution >= 0.6 is 0 Å². The molecule has 1 amide bonds. The van der Waals surface area contributed by atoms with Gasteiger partial charge < -0.3 is 14.1 Å². The second-order valence-corrected chi connectivity index (χ2v) is 6.05. The molecule has 5 nitrogen and oxygen atoms in total. The van der Waals surface area contributed by atoms with Gasteiger partial charge in [-0.2, -0.15) is 0 Å². The monoisotopic (exact) mass is 332 g/mol. The second kappa shape index (κ2) is 7.13. The summed E-state index contributed by atoms with van der Waals surface area (Å²) >= 11 is 0. The fourth-order valence-corrected chi connectivity index (χ4v) is 3.05. The lowest BCUT2D eigenvalue weighted by Gasteiger charge is -2.29. The summed E-state index contributed by atoms with van der Waals surface area (Å²) in [6, 6.07) is 6.16. The molecular formula is C18H21FN2O3. The molecule has 24 heavy (non-hydrogen) atoms. The van der Waals surface area contributed by atoms with E-state index in [1.165, 1.54) is 12.1 Å². The van der Waals surface area contributed by atoms with Crippen molar-refractivity contribution in [2.75, 3.05) is 20.2 Å². The number of amides is 1. The number of hydrogen-bond donors (Lipinski definition) is 0. The summed E-state index contributed by atoms with van der Waals surface area (Å²) in [6.07, 6.45) is 1.66. The van der Waals surface area contributed by atoms with E-state index in [2.05, 4.69) is 4.98 Å². The highest BCUT2D eigenvalue weighted by molar-refractivity contribution is 5.73. The van der Waals surface area contributed by atoms with Gasteiger partial charge in [0.15, 0.2) is 11.7 Å². The van der Waals surface area contributed by atoms with Crippen LogP contribution in [0.25, 0.3) is 11.3 Å². The lowest BCUT2D eigenvalue weighted by Crippen LogP contribution is -2.36. The lowest BCUT2D eigenvalue weighted by molar-refractivity contribution is -0.129. The fourth-order valence-electron chi connectivity index (χ4n) is 3.05. The number of hydrogen-bond acceptors (Lipinski definition) is 4. The third kappa shape index (κ3) is 3.48. The number of rotatable bonds is 4. The highest BCUT2D eigenvalue weighted by Gasteiger charge is 2.27. The minimum atomic E-state index is -0.289. The van der Waals surface area contributed by atoms with E-state index in [9.17, 15) is 9.18 Å². The molecule has 1 aromatic carbocycles. The van der Waals surface area contributed by atoms with Crippen LogP contribution in [0.4, 0.5) is 4.39 Å². The molecule has 128 valence electrons. The van der Waals surface area contributed by atoms with E-state index in [0.717, 1.165) is 18.4 Å². The molecule has 1 saturated heterocycles. The van der Waals surface area contributed by atoms with Gasteiger partial charge >= 0.3 is 0 Å². The fraction of sp³-hybridized carbons (Fsp3) is 0.444. The number of carbonyl (C=O) groups is 1.